The molecule has 2 aromatic rings. The monoisotopic (exact) mass is 421 g/mol. The van der Waals surface area contributed by atoms with E-state index < -0.39 is 0 Å². The highest BCUT2D eigenvalue weighted by Gasteiger charge is 2.14. The van der Waals surface area contributed by atoms with Crippen LogP contribution in [0.1, 0.15) is 35.7 Å². The predicted molar refractivity (Wildman–Crippen MR) is 106 cm³/mol. The molecule has 0 aliphatic carbocycles. The van der Waals surface area contributed by atoms with Crippen molar-refractivity contribution in [1.82, 2.24) is 15.6 Å². The van der Waals surface area contributed by atoms with Gasteiger partial charge in [0.15, 0.2) is 5.11 Å². The van der Waals surface area contributed by atoms with Crippen LogP contribution in [-0.4, -0.2) is 22.6 Å². The maximum Gasteiger partial charge on any atom is 0.261 e. The van der Waals surface area contributed by atoms with Gasteiger partial charge >= 0.3 is 0 Å². The number of ether oxygens (including phenoxy) is 1. The number of halogens is 1. The summed E-state index contributed by atoms with van der Waals surface area (Å²) in [7, 11) is 0. The van der Waals surface area contributed by atoms with E-state index in [0.29, 0.717) is 24.5 Å². The maximum atomic E-state index is 12.5. The third-order valence-corrected chi connectivity index (χ3v) is 4.08. The average molecular weight is 422 g/mol. The number of carbonyl (C=O) groups is 1. The van der Waals surface area contributed by atoms with Gasteiger partial charge in [-0.3, -0.25) is 15.1 Å². The van der Waals surface area contributed by atoms with E-state index >= 15 is 0 Å². The van der Waals surface area contributed by atoms with Gasteiger partial charge in [0.1, 0.15) is 5.75 Å². The number of aromatic nitrogens is 1. The molecule has 25 heavy (non-hydrogen) atoms. The predicted octanol–water partition coefficient (Wildman–Crippen LogP) is 3.83. The van der Waals surface area contributed by atoms with E-state index in [0.717, 1.165) is 22.9 Å². The van der Waals surface area contributed by atoms with Gasteiger partial charge in [-0.15, -0.1) is 0 Å². The molecule has 1 aromatic heterocycles. The van der Waals surface area contributed by atoms with Crippen LogP contribution in [-0.2, 0) is 6.54 Å². The third kappa shape index (κ3) is 6.43. The van der Waals surface area contributed by atoms with Crippen LogP contribution in [0, 0.1) is 0 Å². The summed E-state index contributed by atoms with van der Waals surface area (Å²) in [5.41, 5.74) is 1.42. The number of pyridine rings is 1. The molecule has 0 saturated carbocycles. The lowest BCUT2D eigenvalue weighted by Gasteiger charge is -2.13. The maximum absolute atomic E-state index is 12.5. The van der Waals surface area contributed by atoms with Crippen molar-refractivity contribution in [1.29, 1.82) is 0 Å². The third-order valence-electron chi connectivity index (χ3n) is 3.34. The summed E-state index contributed by atoms with van der Waals surface area (Å²) < 4.78 is 6.51. The van der Waals surface area contributed by atoms with E-state index in [1.807, 2.05) is 18.2 Å². The number of thiocarbonyl (C=S) groups is 1. The highest BCUT2D eigenvalue weighted by molar-refractivity contribution is 9.10. The lowest BCUT2D eigenvalue weighted by Crippen LogP contribution is -2.39. The van der Waals surface area contributed by atoms with Crippen molar-refractivity contribution in [2.24, 2.45) is 0 Å². The summed E-state index contributed by atoms with van der Waals surface area (Å²) in [6.45, 7) is 3.15. The van der Waals surface area contributed by atoms with Crippen molar-refractivity contribution in [3.63, 3.8) is 0 Å². The van der Waals surface area contributed by atoms with Gasteiger partial charge in [-0.05, 0) is 48.5 Å². The zero-order valence-electron chi connectivity index (χ0n) is 13.9. The van der Waals surface area contributed by atoms with Gasteiger partial charge in [-0.1, -0.05) is 35.3 Å². The van der Waals surface area contributed by atoms with E-state index in [4.69, 9.17) is 17.0 Å². The largest absolute Gasteiger partial charge is 0.493 e. The number of amides is 1. The van der Waals surface area contributed by atoms with Crippen molar-refractivity contribution in [2.45, 2.75) is 26.3 Å². The van der Waals surface area contributed by atoms with Gasteiger partial charge < -0.3 is 10.1 Å². The molecule has 1 heterocycles. The Labute approximate surface area is 161 Å². The lowest BCUT2D eigenvalue weighted by molar-refractivity contribution is 0.0972. The molecular formula is C18H20BrN3O2S. The molecule has 132 valence electrons. The van der Waals surface area contributed by atoms with E-state index in [9.17, 15) is 4.79 Å². The van der Waals surface area contributed by atoms with E-state index in [1.165, 1.54) is 0 Å². The summed E-state index contributed by atoms with van der Waals surface area (Å²) in [5.74, 6) is 0.237. The Morgan fingerprint density at radius 1 is 1.36 bits per heavy atom. The van der Waals surface area contributed by atoms with Crippen LogP contribution in [0.5, 0.6) is 5.75 Å². The van der Waals surface area contributed by atoms with Crippen molar-refractivity contribution in [2.75, 3.05) is 6.61 Å². The van der Waals surface area contributed by atoms with E-state index in [1.54, 1.807) is 24.5 Å². The molecule has 0 unspecified atom stereocenters. The van der Waals surface area contributed by atoms with Crippen LogP contribution < -0.4 is 15.4 Å². The van der Waals surface area contributed by atoms with Crippen LogP contribution in [0.25, 0.3) is 0 Å². The number of hydrogen-bond acceptors (Lipinski definition) is 4. The second kappa shape index (κ2) is 10.1. The fraction of sp³-hybridized carbons (Fsp3) is 0.278. The molecular weight excluding hydrogens is 402 g/mol. The van der Waals surface area contributed by atoms with Crippen molar-refractivity contribution >= 4 is 39.2 Å². The summed E-state index contributed by atoms with van der Waals surface area (Å²) in [5, 5.41) is 5.94. The summed E-state index contributed by atoms with van der Waals surface area (Å²) >= 11 is 8.58. The fourth-order valence-electron chi connectivity index (χ4n) is 2.03. The first-order valence-corrected chi connectivity index (χ1v) is 9.20. The van der Waals surface area contributed by atoms with Crippen molar-refractivity contribution in [3.8, 4) is 5.75 Å². The molecule has 0 aliphatic rings. The molecule has 7 heteroatoms. The second-order valence-electron chi connectivity index (χ2n) is 5.34. The molecule has 0 radical (unpaired) electrons. The minimum atomic E-state index is -0.309. The number of benzene rings is 1. The molecule has 0 saturated heterocycles. The Kier molecular flexibility index (Phi) is 7.81. The first-order chi connectivity index (χ1) is 12.1. The van der Waals surface area contributed by atoms with Gasteiger partial charge in [0.05, 0.1) is 12.2 Å². The first kappa shape index (κ1) is 19.3. The van der Waals surface area contributed by atoms with Gasteiger partial charge in [0, 0.05) is 23.4 Å². The lowest BCUT2D eigenvalue weighted by atomic mass is 10.2. The van der Waals surface area contributed by atoms with Crippen molar-refractivity contribution in [3.05, 3.63) is 58.3 Å². The summed E-state index contributed by atoms with van der Waals surface area (Å²) in [4.78, 5) is 16.6. The molecule has 5 nitrogen and oxygen atoms in total. The number of rotatable bonds is 7. The van der Waals surface area contributed by atoms with Crippen LogP contribution in [0.4, 0.5) is 0 Å². The average Bonchev–Trinajstić information content (AvgIpc) is 2.62. The Morgan fingerprint density at radius 2 is 2.20 bits per heavy atom. The van der Waals surface area contributed by atoms with Crippen molar-refractivity contribution < 1.29 is 9.53 Å². The molecule has 1 aromatic carbocycles. The fourth-order valence-corrected chi connectivity index (χ4v) is 2.56. The Hall–Kier alpha value is -1.99. The Morgan fingerprint density at radius 3 is 2.92 bits per heavy atom. The molecule has 1 amide bonds. The smallest absolute Gasteiger partial charge is 0.261 e. The van der Waals surface area contributed by atoms with Gasteiger partial charge in [-0.25, -0.2) is 0 Å². The van der Waals surface area contributed by atoms with Gasteiger partial charge in [0.25, 0.3) is 5.91 Å². The number of unbranched alkanes of at least 4 members (excludes halogenated alkanes) is 1. The zero-order chi connectivity index (χ0) is 18.1. The topological polar surface area (TPSA) is 63.2 Å². The zero-order valence-corrected chi connectivity index (χ0v) is 16.3. The van der Waals surface area contributed by atoms with Gasteiger partial charge in [-0.2, -0.15) is 0 Å². The summed E-state index contributed by atoms with van der Waals surface area (Å²) in [6.07, 6.45) is 5.41. The number of hydrogen-bond donors (Lipinski definition) is 2. The first-order valence-electron chi connectivity index (χ1n) is 8.00. The SMILES string of the molecule is CCCCOc1ccc(Br)cc1C(=O)NC(=S)NCc1cccnc1. The highest BCUT2D eigenvalue weighted by atomic mass is 79.9. The Balaban J connectivity index is 1.96. The molecule has 2 N–H and O–H groups in total. The molecule has 0 atom stereocenters. The van der Waals surface area contributed by atoms with Crippen LogP contribution in [0.2, 0.25) is 0 Å². The molecule has 0 aliphatic heterocycles. The highest BCUT2D eigenvalue weighted by Crippen LogP contribution is 2.23. The van der Waals surface area contributed by atoms with E-state index in [2.05, 4.69) is 38.5 Å². The number of carbonyl (C=O) groups excluding carboxylic acids is 1. The quantitative estimate of drug-likeness (QED) is 0.525. The molecule has 0 fully saturated rings. The van der Waals surface area contributed by atoms with Crippen LogP contribution in [0.15, 0.2) is 47.2 Å². The van der Waals surface area contributed by atoms with Gasteiger partial charge in [0.2, 0.25) is 0 Å². The molecule has 0 bridgehead atoms. The molecule has 0 spiro atoms. The van der Waals surface area contributed by atoms with E-state index in [-0.39, 0.29) is 11.0 Å². The minimum Gasteiger partial charge on any atom is -0.493 e. The Bertz CT molecular complexity index is 726. The normalized spacial score (nSPS) is 10.2. The standard InChI is InChI=1S/C18H20BrN3O2S/c1-2-3-9-24-16-7-6-14(19)10-15(16)17(23)22-18(25)21-12-13-5-4-8-20-11-13/h4-8,10-11H,2-3,9,12H2,1H3,(H2,21,22,23,25). The second-order valence-corrected chi connectivity index (χ2v) is 6.66. The minimum absolute atomic E-state index is 0.258. The summed E-state index contributed by atoms with van der Waals surface area (Å²) in [6, 6.07) is 9.12. The number of nitrogens with zero attached hydrogens (tertiary/aromatic N) is 1. The van der Waals surface area contributed by atoms with Crippen LogP contribution in [0.3, 0.4) is 0 Å². The molecule has 2 rings (SSSR count). The number of nitrogens with one attached hydrogen (secondary N) is 2. The van der Waals surface area contributed by atoms with Crippen LogP contribution >= 0.6 is 28.1 Å².